The second kappa shape index (κ2) is 6.55. The standard InChI is InChI=1S/C14H24BrNO3/c1-14(2,15)13(17)16(9-11-5-3-7-18-11)10-12-6-4-8-19-12/h11-12H,3-10H2,1-2H3. The molecule has 0 aliphatic carbocycles. The number of rotatable bonds is 5. The molecule has 2 saturated heterocycles. The Balaban J connectivity index is 1.96. The summed E-state index contributed by atoms with van der Waals surface area (Å²) < 4.78 is 10.8. The average Bonchev–Trinajstić information content (AvgIpc) is 2.98. The monoisotopic (exact) mass is 333 g/mol. The molecule has 0 saturated carbocycles. The van der Waals surface area contributed by atoms with Gasteiger partial charge >= 0.3 is 0 Å². The van der Waals surface area contributed by atoms with E-state index in [0.29, 0.717) is 13.1 Å². The van der Waals surface area contributed by atoms with Crippen LogP contribution >= 0.6 is 15.9 Å². The molecular formula is C14H24BrNO3. The Morgan fingerprint density at radius 3 is 1.95 bits per heavy atom. The Labute approximate surface area is 123 Å². The molecule has 5 heteroatoms. The van der Waals surface area contributed by atoms with Crippen LogP contribution in [0.1, 0.15) is 39.5 Å². The molecule has 0 spiro atoms. The van der Waals surface area contributed by atoms with Crippen LogP contribution in [0.2, 0.25) is 0 Å². The zero-order chi connectivity index (χ0) is 13.9. The number of alkyl halides is 1. The summed E-state index contributed by atoms with van der Waals surface area (Å²) in [5.41, 5.74) is 0. The largest absolute Gasteiger partial charge is 0.376 e. The van der Waals surface area contributed by atoms with E-state index in [9.17, 15) is 4.79 Å². The van der Waals surface area contributed by atoms with Crippen molar-refractivity contribution in [1.82, 2.24) is 4.90 Å². The van der Waals surface area contributed by atoms with Gasteiger partial charge in [-0.05, 0) is 39.5 Å². The summed E-state index contributed by atoms with van der Waals surface area (Å²) in [4.78, 5) is 14.4. The van der Waals surface area contributed by atoms with Crippen LogP contribution in [0, 0.1) is 0 Å². The predicted molar refractivity (Wildman–Crippen MR) is 77.5 cm³/mol. The van der Waals surface area contributed by atoms with Gasteiger partial charge in [-0.15, -0.1) is 0 Å². The van der Waals surface area contributed by atoms with Crippen molar-refractivity contribution in [3.8, 4) is 0 Å². The van der Waals surface area contributed by atoms with Gasteiger partial charge in [-0.25, -0.2) is 0 Å². The molecular weight excluding hydrogens is 310 g/mol. The fraction of sp³-hybridized carbons (Fsp3) is 0.929. The Morgan fingerprint density at radius 1 is 1.16 bits per heavy atom. The molecule has 2 heterocycles. The molecule has 2 aliphatic heterocycles. The van der Waals surface area contributed by atoms with Crippen molar-refractivity contribution in [2.45, 2.75) is 56.1 Å². The first-order valence-corrected chi connectivity index (χ1v) is 7.97. The Hall–Kier alpha value is -0.130. The third kappa shape index (κ3) is 4.43. The predicted octanol–water partition coefficient (Wildman–Crippen LogP) is 2.35. The van der Waals surface area contributed by atoms with Gasteiger partial charge in [0.1, 0.15) is 0 Å². The fourth-order valence-electron chi connectivity index (χ4n) is 2.68. The molecule has 1 amide bonds. The molecule has 0 radical (unpaired) electrons. The van der Waals surface area contributed by atoms with E-state index < -0.39 is 4.32 Å². The van der Waals surface area contributed by atoms with Crippen molar-refractivity contribution in [1.29, 1.82) is 0 Å². The fourth-order valence-corrected chi connectivity index (χ4v) is 2.94. The molecule has 0 aromatic rings. The number of nitrogens with zero attached hydrogens (tertiary/aromatic N) is 1. The highest BCUT2D eigenvalue weighted by Gasteiger charge is 2.33. The van der Waals surface area contributed by atoms with Gasteiger partial charge < -0.3 is 14.4 Å². The van der Waals surface area contributed by atoms with E-state index in [0.717, 1.165) is 38.9 Å². The summed E-state index contributed by atoms with van der Waals surface area (Å²) in [6.45, 7) is 6.82. The summed E-state index contributed by atoms with van der Waals surface area (Å²) >= 11 is 3.47. The number of hydrogen-bond acceptors (Lipinski definition) is 3. The molecule has 110 valence electrons. The minimum Gasteiger partial charge on any atom is -0.376 e. The van der Waals surface area contributed by atoms with Crippen molar-refractivity contribution >= 4 is 21.8 Å². The number of hydrogen-bond donors (Lipinski definition) is 0. The van der Waals surface area contributed by atoms with E-state index in [4.69, 9.17) is 9.47 Å². The van der Waals surface area contributed by atoms with Gasteiger partial charge in [-0.1, -0.05) is 15.9 Å². The van der Waals surface area contributed by atoms with Gasteiger partial charge in [0.15, 0.2) is 0 Å². The molecule has 0 N–H and O–H groups in total. The van der Waals surface area contributed by atoms with Crippen molar-refractivity contribution in [3.05, 3.63) is 0 Å². The minimum absolute atomic E-state index is 0.124. The maximum absolute atomic E-state index is 12.5. The van der Waals surface area contributed by atoms with Crippen LogP contribution in [-0.4, -0.2) is 53.6 Å². The number of halogens is 1. The number of carbonyl (C=O) groups is 1. The van der Waals surface area contributed by atoms with Gasteiger partial charge in [0.2, 0.25) is 5.91 Å². The number of amides is 1. The lowest BCUT2D eigenvalue weighted by molar-refractivity contribution is -0.136. The van der Waals surface area contributed by atoms with E-state index in [1.807, 2.05) is 18.7 Å². The van der Waals surface area contributed by atoms with Crippen molar-refractivity contribution in [2.24, 2.45) is 0 Å². The lowest BCUT2D eigenvalue weighted by atomic mass is 10.1. The van der Waals surface area contributed by atoms with E-state index in [1.165, 1.54) is 0 Å². The Morgan fingerprint density at radius 2 is 1.63 bits per heavy atom. The van der Waals surface area contributed by atoms with Crippen LogP contribution in [-0.2, 0) is 14.3 Å². The quantitative estimate of drug-likeness (QED) is 0.725. The maximum Gasteiger partial charge on any atom is 0.239 e. The summed E-state index contributed by atoms with van der Waals surface area (Å²) in [5.74, 6) is 0.124. The third-order valence-electron chi connectivity index (χ3n) is 3.69. The number of ether oxygens (including phenoxy) is 2. The highest BCUT2D eigenvalue weighted by atomic mass is 79.9. The molecule has 2 atom stereocenters. The smallest absolute Gasteiger partial charge is 0.239 e. The molecule has 19 heavy (non-hydrogen) atoms. The molecule has 2 fully saturated rings. The first-order chi connectivity index (χ1) is 8.97. The summed E-state index contributed by atoms with van der Waals surface area (Å²) in [6, 6.07) is 0. The average molecular weight is 334 g/mol. The van der Waals surface area contributed by atoms with Crippen LogP contribution in [0.4, 0.5) is 0 Å². The molecule has 0 aromatic heterocycles. The van der Waals surface area contributed by atoms with Crippen LogP contribution in [0.3, 0.4) is 0 Å². The SMILES string of the molecule is CC(C)(Br)C(=O)N(CC1CCCO1)CC1CCCO1. The van der Waals surface area contributed by atoms with E-state index in [-0.39, 0.29) is 18.1 Å². The second-order valence-corrected chi connectivity index (χ2v) is 7.94. The molecule has 0 aromatic carbocycles. The zero-order valence-electron chi connectivity index (χ0n) is 11.9. The first-order valence-electron chi connectivity index (χ1n) is 7.18. The Bertz CT molecular complexity index is 286. The zero-order valence-corrected chi connectivity index (χ0v) is 13.4. The van der Waals surface area contributed by atoms with Crippen molar-refractivity contribution in [2.75, 3.05) is 26.3 Å². The van der Waals surface area contributed by atoms with Crippen LogP contribution in [0.15, 0.2) is 0 Å². The van der Waals surface area contributed by atoms with Gasteiger partial charge in [0, 0.05) is 26.3 Å². The first kappa shape index (κ1) is 15.3. The van der Waals surface area contributed by atoms with Crippen LogP contribution in [0.25, 0.3) is 0 Å². The van der Waals surface area contributed by atoms with Gasteiger partial charge in [-0.3, -0.25) is 4.79 Å². The Kier molecular flexibility index (Phi) is 5.26. The van der Waals surface area contributed by atoms with Crippen molar-refractivity contribution < 1.29 is 14.3 Å². The van der Waals surface area contributed by atoms with Crippen molar-refractivity contribution in [3.63, 3.8) is 0 Å². The highest BCUT2D eigenvalue weighted by molar-refractivity contribution is 9.10. The second-order valence-electron chi connectivity index (χ2n) is 5.95. The summed E-state index contributed by atoms with van der Waals surface area (Å²) in [6.07, 6.45) is 4.70. The third-order valence-corrected chi connectivity index (χ3v) is 4.03. The molecule has 2 aliphatic rings. The lowest BCUT2D eigenvalue weighted by Crippen LogP contribution is -2.48. The number of carbonyl (C=O) groups excluding carboxylic acids is 1. The summed E-state index contributed by atoms with van der Waals surface area (Å²) in [5, 5.41) is 0. The maximum atomic E-state index is 12.5. The molecule has 4 nitrogen and oxygen atoms in total. The van der Waals surface area contributed by atoms with Gasteiger partial charge in [0.05, 0.1) is 16.5 Å². The molecule has 2 rings (SSSR count). The van der Waals surface area contributed by atoms with Crippen LogP contribution < -0.4 is 0 Å². The van der Waals surface area contributed by atoms with Gasteiger partial charge in [0.25, 0.3) is 0 Å². The minimum atomic E-state index is -0.524. The van der Waals surface area contributed by atoms with Gasteiger partial charge in [-0.2, -0.15) is 0 Å². The summed E-state index contributed by atoms with van der Waals surface area (Å²) in [7, 11) is 0. The van der Waals surface area contributed by atoms with E-state index >= 15 is 0 Å². The highest BCUT2D eigenvalue weighted by Crippen LogP contribution is 2.23. The van der Waals surface area contributed by atoms with Crippen LogP contribution in [0.5, 0.6) is 0 Å². The lowest BCUT2D eigenvalue weighted by Gasteiger charge is -2.32. The van der Waals surface area contributed by atoms with E-state index in [1.54, 1.807) is 0 Å². The normalized spacial score (nSPS) is 27.7. The van der Waals surface area contributed by atoms with E-state index in [2.05, 4.69) is 15.9 Å². The molecule has 2 unspecified atom stereocenters. The molecule has 0 bridgehead atoms. The topological polar surface area (TPSA) is 38.8 Å².